The lowest BCUT2D eigenvalue weighted by Crippen LogP contribution is -1.99. The Morgan fingerprint density at radius 3 is 1.95 bits per heavy atom. The van der Waals surface area contributed by atoms with Gasteiger partial charge in [-0.3, -0.25) is 0 Å². The summed E-state index contributed by atoms with van der Waals surface area (Å²) in [5.41, 5.74) is 3.14. The maximum Gasteiger partial charge on any atom is 0.129 e. The van der Waals surface area contributed by atoms with E-state index < -0.39 is 5.38 Å². The van der Waals surface area contributed by atoms with Crippen molar-refractivity contribution < 1.29 is 8.78 Å². The molecule has 2 aromatic carbocycles. The number of hydrogen-bond donors (Lipinski definition) is 0. The summed E-state index contributed by atoms with van der Waals surface area (Å²) in [5, 5.41) is -0.479. The Balaban J connectivity index is 2.43. The average Bonchev–Trinajstić information content (AvgIpc) is 2.37. The predicted molar refractivity (Wildman–Crippen MR) is 74.7 cm³/mol. The Kier molecular flexibility index (Phi) is 3.91. The lowest BCUT2D eigenvalue weighted by molar-refractivity contribution is 0.608. The van der Waals surface area contributed by atoms with Gasteiger partial charge in [-0.2, -0.15) is 0 Å². The van der Waals surface area contributed by atoms with Crippen LogP contribution in [0.15, 0.2) is 30.3 Å². The van der Waals surface area contributed by atoms with E-state index >= 15 is 0 Å². The van der Waals surface area contributed by atoms with E-state index in [2.05, 4.69) is 0 Å². The third-order valence-electron chi connectivity index (χ3n) is 3.24. The third kappa shape index (κ3) is 2.79. The summed E-state index contributed by atoms with van der Waals surface area (Å²) >= 11 is 6.36. The molecule has 1 unspecified atom stereocenters. The Morgan fingerprint density at radius 2 is 1.42 bits per heavy atom. The van der Waals surface area contributed by atoms with Crippen molar-refractivity contribution in [3.63, 3.8) is 0 Å². The van der Waals surface area contributed by atoms with Gasteiger partial charge in [0, 0.05) is 0 Å². The number of halogens is 3. The molecule has 100 valence electrons. The first-order valence-electron chi connectivity index (χ1n) is 6.07. The first kappa shape index (κ1) is 14.0. The first-order valence-corrected chi connectivity index (χ1v) is 6.50. The summed E-state index contributed by atoms with van der Waals surface area (Å²) < 4.78 is 27.1. The summed E-state index contributed by atoms with van der Waals surface area (Å²) in [5.74, 6) is -0.499. The van der Waals surface area contributed by atoms with Crippen molar-refractivity contribution in [2.45, 2.75) is 26.1 Å². The van der Waals surface area contributed by atoms with Crippen LogP contribution in [-0.4, -0.2) is 0 Å². The Hall–Kier alpha value is -1.41. The number of aryl methyl sites for hydroxylation is 3. The van der Waals surface area contributed by atoms with E-state index in [0.717, 1.165) is 5.56 Å². The maximum absolute atomic E-state index is 13.6. The number of rotatable bonds is 2. The van der Waals surface area contributed by atoms with Gasteiger partial charge >= 0.3 is 0 Å². The average molecular weight is 281 g/mol. The molecule has 0 aliphatic carbocycles. The molecule has 0 N–H and O–H groups in total. The normalized spacial score (nSPS) is 12.5. The molecule has 0 heterocycles. The van der Waals surface area contributed by atoms with Gasteiger partial charge in [0.1, 0.15) is 11.6 Å². The standard InChI is InChI=1S/C16H15ClF2/c1-9-4-5-12(8-14(9)18)15(17)13-6-10(2)16(19)11(3)7-13/h4-8,15H,1-3H3. The van der Waals surface area contributed by atoms with Crippen LogP contribution in [0.2, 0.25) is 0 Å². The van der Waals surface area contributed by atoms with Gasteiger partial charge in [-0.1, -0.05) is 24.3 Å². The largest absolute Gasteiger partial charge is 0.207 e. The zero-order chi connectivity index (χ0) is 14.2. The smallest absolute Gasteiger partial charge is 0.129 e. The summed E-state index contributed by atoms with van der Waals surface area (Å²) in [6, 6.07) is 8.34. The van der Waals surface area contributed by atoms with Crippen LogP contribution >= 0.6 is 11.6 Å². The van der Waals surface area contributed by atoms with Gasteiger partial charge in [-0.15, -0.1) is 11.6 Å². The van der Waals surface area contributed by atoms with Gasteiger partial charge < -0.3 is 0 Å². The number of benzene rings is 2. The van der Waals surface area contributed by atoms with E-state index in [9.17, 15) is 8.78 Å². The van der Waals surface area contributed by atoms with Crippen molar-refractivity contribution in [1.29, 1.82) is 0 Å². The number of hydrogen-bond acceptors (Lipinski definition) is 0. The SMILES string of the molecule is Cc1ccc(C(Cl)c2cc(C)c(F)c(C)c2)cc1F. The zero-order valence-corrected chi connectivity index (χ0v) is 11.9. The van der Waals surface area contributed by atoms with Crippen LogP contribution in [0.1, 0.15) is 33.2 Å². The highest BCUT2D eigenvalue weighted by Crippen LogP contribution is 2.31. The van der Waals surface area contributed by atoms with E-state index in [1.54, 1.807) is 45.0 Å². The lowest BCUT2D eigenvalue weighted by atomic mass is 9.99. The van der Waals surface area contributed by atoms with Gasteiger partial charge in [-0.05, 0) is 54.7 Å². The molecule has 0 nitrogen and oxygen atoms in total. The van der Waals surface area contributed by atoms with Crippen molar-refractivity contribution in [3.05, 3.63) is 69.8 Å². The summed E-state index contributed by atoms with van der Waals surface area (Å²) in [6.45, 7) is 5.10. The third-order valence-corrected chi connectivity index (χ3v) is 3.74. The molecule has 0 aromatic heterocycles. The van der Waals surface area contributed by atoms with Gasteiger partial charge in [-0.25, -0.2) is 8.78 Å². The quantitative estimate of drug-likeness (QED) is 0.662. The van der Waals surface area contributed by atoms with Crippen LogP contribution < -0.4 is 0 Å². The van der Waals surface area contributed by atoms with E-state index in [-0.39, 0.29) is 11.6 Å². The van der Waals surface area contributed by atoms with Crippen LogP contribution in [0.25, 0.3) is 0 Å². The molecule has 0 bridgehead atoms. The zero-order valence-electron chi connectivity index (χ0n) is 11.1. The highest BCUT2D eigenvalue weighted by molar-refractivity contribution is 6.22. The van der Waals surface area contributed by atoms with Crippen molar-refractivity contribution in [1.82, 2.24) is 0 Å². The van der Waals surface area contributed by atoms with Crippen LogP contribution in [0.3, 0.4) is 0 Å². The van der Waals surface area contributed by atoms with Crippen molar-refractivity contribution in [2.75, 3.05) is 0 Å². The van der Waals surface area contributed by atoms with Crippen LogP contribution in [0.5, 0.6) is 0 Å². The lowest BCUT2D eigenvalue weighted by Gasteiger charge is -2.13. The van der Waals surface area contributed by atoms with Gasteiger partial charge in [0.25, 0.3) is 0 Å². The minimum Gasteiger partial charge on any atom is -0.207 e. The summed E-state index contributed by atoms with van der Waals surface area (Å²) in [4.78, 5) is 0. The second-order valence-corrected chi connectivity index (χ2v) is 5.28. The fraction of sp³-hybridized carbons (Fsp3) is 0.250. The van der Waals surface area contributed by atoms with Crippen LogP contribution in [0.4, 0.5) is 8.78 Å². The highest BCUT2D eigenvalue weighted by atomic mass is 35.5. The topological polar surface area (TPSA) is 0 Å². The number of alkyl halides is 1. The van der Waals surface area contributed by atoms with E-state index in [1.807, 2.05) is 0 Å². The molecule has 0 saturated heterocycles. The molecule has 0 amide bonds. The summed E-state index contributed by atoms with van der Waals surface area (Å²) in [6.07, 6.45) is 0. The first-order chi connectivity index (χ1) is 8.90. The van der Waals surface area contributed by atoms with E-state index in [1.165, 1.54) is 6.07 Å². The molecule has 2 aromatic rings. The molecule has 2 rings (SSSR count). The second-order valence-electron chi connectivity index (χ2n) is 4.84. The highest BCUT2D eigenvalue weighted by Gasteiger charge is 2.15. The molecule has 0 saturated carbocycles. The van der Waals surface area contributed by atoms with Gasteiger partial charge in [0.15, 0.2) is 0 Å². The molecule has 3 heteroatoms. The molecule has 0 aliphatic rings. The fourth-order valence-corrected chi connectivity index (χ4v) is 2.35. The molecule has 0 fully saturated rings. The van der Waals surface area contributed by atoms with E-state index in [0.29, 0.717) is 22.3 Å². The summed E-state index contributed by atoms with van der Waals surface area (Å²) in [7, 11) is 0. The minimum absolute atomic E-state index is 0.220. The Bertz CT molecular complexity index is 597. The van der Waals surface area contributed by atoms with E-state index in [4.69, 9.17) is 11.6 Å². The molecular formula is C16H15ClF2. The van der Waals surface area contributed by atoms with Crippen molar-refractivity contribution >= 4 is 11.6 Å². The van der Waals surface area contributed by atoms with Gasteiger partial charge in [0.2, 0.25) is 0 Å². The molecule has 0 aliphatic heterocycles. The van der Waals surface area contributed by atoms with Crippen LogP contribution in [0, 0.1) is 32.4 Å². The molecule has 0 spiro atoms. The Morgan fingerprint density at radius 1 is 0.842 bits per heavy atom. The molecule has 1 atom stereocenters. The molecule has 19 heavy (non-hydrogen) atoms. The fourth-order valence-electron chi connectivity index (χ4n) is 2.08. The van der Waals surface area contributed by atoms with Crippen molar-refractivity contribution in [2.24, 2.45) is 0 Å². The molecular weight excluding hydrogens is 266 g/mol. The second kappa shape index (κ2) is 5.30. The maximum atomic E-state index is 13.6. The van der Waals surface area contributed by atoms with Gasteiger partial charge in [0.05, 0.1) is 5.38 Å². The molecule has 0 radical (unpaired) electrons. The van der Waals surface area contributed by atoms with Crippen LogP contribution in [-0.2, 0) is 0 Å². The Labute approximate surface area is 117 Å². The minimum atomic E-state index is -0.479. The predicted octanol–water partition coefficient (Wildman–Crippen LogP) is 5.22. The monoisotopic (exact) mass is 280 g/mol. The van der Waals surface area contributed by atoms with Crippen molar-refractivity contribution in [3.8, 4) is 0 Å².